The molecule has 0 spiro atoms. The third-order valence-corrected chi connectivity index (χ3v) is 5.71. The first-order valence-corrected chi connectivity index (χ1v) is 10.3. The van der Waals surface area contributed by atoms with Crippen LogP contribution in [-0.4, -0.2) is 139 Å². The first-order chi connectivity index (χ1) is 16.3. The van der Waals surface area contributed by atoms with Crippen molar-refractivity contribution in [2.75, 3.05) is 19.8 Å². The Morgan fingerprint density at radius 1 is 0.946 bits per heavy atom. The zero-order chi connectivity index (χ0) is 26.7. The molecule has 2 fully saturated rings. The van der Waals surface area contributed by atoms with Gasteiger partial charge in [-0.1, -0.05) is 6.08 Å². The average molecular weight is 558 g/mol. The molecule has 0 aromatic rings. The van der Waals surface area contributed by atoms with E-state index in [2.05, 4.69) is 6.58 Å². The fourth-order valence-corrected chi connectivity index (χ4v) is 3.83. The second-order valence-electron chi connectivity index (χ2n) is 8.04. The summed E-state index contributed by atoms with van der Waals surface area (Å²) >= 11 is 0. The van der Waals surface area contributed by atoms with Gasteiger partial charge in [-0.25, -0.2) is 0 Å². The molecule has 0 saturated carbocycles. The Hall–Kier alpha value is 0.200. The van der Waals surface area contributed by atoms with Crippen molar-refractivity contribution < 1.29 is 139 Å². The van der Waals surface area contributed by atoms with Crippen molar-refractivity contribution in [3.05, 3.63) is 12.7 Å². The van der Waals surface area contributed by atoms with Crippen LogP contribution in [-0.2, 0) is 28.5 Å². The van der Waals surface area contributed by atoms with Crippen molar-refractivity contribution in [1.29, 1.82) is 0 Å². The summed E-state index contributed by atoms with van der Waals surface area (Å²) in [5, 5.41) is 104. The van der Waals surface area contributed by atoms with E-state index in [0.29, 0.717) is 0 Å². The molecular weight excluding hydrogens is 530 g/mol. The second-order valence-corrected chi connectivity index (χ2v) is 8.04. The molecule has 8 N–H and O–H groups in total. The summed E-state index contributed by atoms with van der Waals surface area (Å²) < 4.78 is 20.5. The Kier molecular flexibility index (Phi) is 15.4. The van der Waals surface area contributed by atoms with Gasteiger partial charge in [0.05, 0.1) is 25.9 Å². The smallest absolute Gasteiger partial charge is 0.544 e. The van der Waals surface area contributed by atoms with E-state index in [9.17, 15) is 60.7 Å². The largest absolute Gasteiger partial charge is 1.00 e. The number of carboxylic acid groups (broad SMARTS) is 2. The summed E-state index contributed by atoms with van der Waals surface area (Å²) in [6, 6.07) is 0. The van der Waals surface area contributed by atoms with E-state index in [0.717, 1.165) is 6.08 Å². The molecule has 2 aliphatic rings. The van der Waals surface area contributed by atoms with Crippen LogP contribution >= 0.6 is 0 Å². The topological polar surface area (TPSA) is 279 Å². The second kappa shape index (κ2) is 15.3. The summed E-state index contributed by atoms with van der Waals surface area (Å²) in [6.07, 6.45) is -19.3. The van der Waals surface area contributed by atoms with E-state index in [1.807, 2.05) is 0 Å². The maximum atomic E-state index is 12.1. The number of carbonyl (C=O) groups is 2. The van der Waals surface area contributed by atoms with E-state index in [1.54, 1.807) is 0 Å². The number of carboxylic acids is 2. The quantitative estimate of drug-likeness (QED) is 0.0863. The number of hydrogen-bond donors (Lipinski definition) is 8. The monoisotopic (exact) mass is 558 g/mol. The third-order valence-electron chi connectivity index (χ3n) is 5.71. The number of aliphatic hydroxyl groups is 8. The van der Waals surface area contributed by atoms with Gasteiger partial charge in [0.15, 0.2) is 0 Å². The Bertz CT molecular complexity index is 774. The first-order valence-electron chi connectivity index (χ1n) is 10.3. The van der Waals surface area contributed by atoms with Crippen LogP contribution in [0.1, 0.15) is 6.42 Å². The number of ether oxygens (including phenoxy) is 4. The van der Waals surface area contributed by atoms with Crippen molar-refractivity contribution >= 4 is 11.9 Å². The number of carbonyl (C=O) groups excluding carboxylic acids is 2. The van der Waals surface area contributed by atoms with Gasteiger partial charge in [0.1, 0.15) is 60.8 Å². The van der Waals surface area contributed by atoms with E-state index >= 15 is 0 Å². The standard InChI is InChI=1S/C19H30O16.2Na/c1-2-3-32-18(16(28)29)4-9(10(24)13(34-18)7(22)5-20)33-19(17(30)31)15(27)12(26)11(25)14(35-19)8(23)6-21;;/h2,7-15,20-27H,1,3-6H2,(H,28,29)(H,30,31);;/q;2*+1/p-2/t7-,8-,9-,10-,11-,12+,13-,14-,15+,18-,19-;;/m1../s1. The summed E-state index contributed by atoms with van der Waals surface area (Å²) in [4.78, 5) is 24.0. The van der Waals surface area contributed by atoms with Crippen LogP contribution in [0.4, 0.5) is 0 Å². The van der Waals surface area contributed by atoms with Crippen LogP contribution in [0.3, 0.4) is 0 Å². The predicted octanol–water partition coefficient (Wildman–Crippen LogP) is -14.2. The molecule has 0 amide bonds. The fraction of sp³-hybridized carbons (Fsp3) is 0.789. The first kappa shape index (κ1) is 37.2. The summed E-state index contributed by atoms with van der Waals surface area (Å²) in [5.74, 6) is -10.7. The number of aliphatic carboxylic acids is 2. The Morgan fingerprint density at radius 3 is 1.89 bits per heavy atom. The van der Waals surface area contributed by atoms with E-state index < -0.39 is 105 Å². The molecule has 0 aromatic carbocycles. The van der Waals surface area contributed by atoms with Gasteiger partial charge in [-0.3, -0.25) is 0 Å². The zero-order valence-corrected chi connectivity index (χ0v) is 24.2. The number of aliphatic hydroxyl groups excluding tert-OH is 8. The summed E-state index contributed by atoms with van der Waals surface area (Å²) in [7, 11) is 0. The van der Waals surface area contributed by atoms with E-state index in [1.165, 1.54) is 0 Å². The van der Waals surface area contributed by atoms with E-state index in [4.69, 9.17) is 18.9 Å². The van der Waals surface area contributed by atoms with Gasteiger partial charge in [0.25, 0.3) is 0 Å². The molecule has 37 heavy (non-hydrogen) atoms. The molecule has 0 aromatic heterocycles. The Balaban J connectivity index is 0.00000648. The molecule has 2 saturated heterocycles. The molecule has 0 aliphatic carbocycles. The van der Waals surface area contributed by atoms with Gasteiger partial charge >= 0.3 is 59.1 Å². The SMILES string of the molecule is C=CCO[C@]1(C(=O)[O-])C[C@@H](O[C@@]2(C(=O)[O-])O[C@H]([C@H](O)CO)[C@H](O)[C@H](O)[C@@H]2O)[C@@H](O)[C@@H]([C@H](O)CO)O1.[Na+].[Na+]. The van der Waals surface area contributed by atoms with Gasteiger partial charge in [0, 0.05) is 6.42 Å². The van der Waals surface area contributed by atoms with Crippen LogP contribution in [0.15, 0.2) is 12.7 Å². The minimum atomic E-state index is -3.47. The Labute approximate surface area is 254 Å². The maximum Gasteiger partial charge on any atom is 1.00 e. The molecule has 202 valence electrons. The van der Waals surface area contributed by atoms with Gasteiger partial charge in [0.2, 0.25) is 11.6 Å². The zero-order valence-electron chi connectivity index (χ0n) is 20.2. The van der Waals surface area contributed by atoms with Crippen molar-refractivity contribution in [1.82, 2.24) is 0 Å². The van der Waals surface area contributed by atoms with Crippen molar-refractivity contribution in [3.63, 3.8) is 0 Å². The van der Waals surface area contributed by atoms with E-state index in [-0.39, 0.29) is 59.1 Å². The molecule has 11 atom stereocenters. The molecule has 2 rings (SSSR count). The molecule has 18 heteroatoms. The molecule has 0 unspecified atom stereocenters. The minimum Gasteiger partial charge on any atom is -0.544 e. The van der Waals surface area contributed by atoms with Crippen LogP contribution in [0, 0.1) is 0 Å². The Morgan fingerprint density at radius 2 is 1.46 bits per heavy atom. The van der Waals surface area contributed by atoms with Gasteiger partial charge < -0.3 is 79.6 Å². The average Bonchev–Trinajstić information content (AvgIpc) is 2.83. The maximum absolute atomic E-state index is 12.1. The number of hydrogen-bond acceptors (Lipinski definition) is 16. The van der Waals surface area contributed by atoms with Crippen LogP contribution in [0.5, 0.6) is 0 Å². The number of rotatable bonds is 11. The molecule has 0 radical (unpaired) electrons. The van der Waals surface area contributed by atoms with Crippen molar-refractivity contribution in [3.8, 4) is 0 Å². The van der Waals surface area contributed by atoms with Crippen LogP contribution < -0.4 is 69.3 Å². The van der Waals surface area contributed by atoms with Crippen LogP contribution in [0.2, 0.25) is 0 Å². The summed E-state index contributed by atoms with van der Waals surface area (Å²) in [5.41, 5.74) is 0. The predicted molar refractivity (Wildman–Crippen MR) is 101 cm³/mol. The normalized spacial score (nSPS) is 39.4. The molecular formula is C19H28Na2O16. The van der Waals surface area contributed by atoms with Crippen molar-refractivity contribution in [2.45, 2.75) is 72.9 Å². The minimum absolute atomic E-state index is 0. The third kappa shape index (κ3) is 7.49. The van der Waals surface area contributed by atoms with Gasteiger partial charge in [-0.15, -0.1) is 6.58 Å². The fourth-order valence-electron chi connectivity index (χ4n) is 3.83. The molecule has 2 aliphatic heterocycles. The van der Waals surface area contributed by atoms with Crippen molar-refractivity contribution in [2.24, 2.45) is 0 Å². The molecule has 16 nitrogen and oxygen atoms in total. The van der Waals surface area contributed by atoms with Gasteiger partial charge in [-0.2, -0.15) is 0 Å². The summed E-state index contributed by atoms with van der Waals surface area (Å²) in [6.45, 7) is 0.675. The molecule has 0 bridgehead atoms. The van der Waals surface area contributed by atoms with Gasteiger partial charge in [-0.05, 0) is 0 Å². The van der Waals surface area contributed by atoms with Crippen LogP contribution in [0.25, 0.3) is 0 Å². The molecule has 2 heterocycles.